The number of alkyl halides is 1. The predicted molar refractivity (Wildman–Crippen MR) is 99.0 cm³/mol. The van der Waals surface area contributed by atoms with Crippen LogP contribution in [0.2, 0.25) is 0 Å². The molecule has 0 spiro atoms. The molecule has 0 radical (unpaired) electrons. The minimum absolute atomic E-state index is 0.0697. The summed E-state index contributed by atoms with van der Waals surface area (Å²) in [7, 11) is 5.98. The summed E-state index contributed by atoms with van der Waals surface area (Å²) in [6.45, 7) is 11.7. The number of carbonyl (C=O) groups is 1. The first kappa shape index (κ1) is 26.8. The Morgan fingerprint density at radius 1 is 1.09 bits per heavy atom. The van der Waals surface area contributed by atoms with E-state index < -0.39 is 0 Å². The minimum Gasteiger partial charge on any atom is -0.460 e. The number of unbranched alkanes of at least 4 members (excludes halogenated alkanes) is 2. The summed E-state index contributed by atoms with van der Waals surface area (Å²) < 4.78 is 9.87. The van der Waals surface area contributed by atoms with Crippen molar-refractivity contribution in [3.63, 3.8) is 0 Å². The molecule has 0 aromatic rings. The molecular weight excluding hydrogens is 346 g/mol. The van der Waals surface area contributed by atoms with Crippen molar-refractivity contribution in [2.24, 2.45) is 0 Å². The van der Waals surface area contributed by atoms with Gasteiger partial charge in [-0.1, -0.05) is 29.8 Å². The van der Waals surface area contributed by atoms with Crippen LogP contribution >= 0.6 is 15.9 Å². The van der Waals surface area contributed by atoms with Crippen molar-refractivity contribution in [3.05, 3.63) is 0 Å². The molecule has 0 saturated carbocycles. The van der Waals surface area contributed by atoms with Crippen molar-refractivity contribution >= 4 is 21.9 Å². The smallest absolute Gasteiger partial charge is 0.306 e. The van der Waals surface area contributed by atoms with E-state index in [-0.39, 0.29) is 11.6 Å². The predicted octanol–water partition coefficient (Wildman–Crippen LogP) is 3.09. The Morgan fingerprint density at radius 2 is 1.64 bits per heavy atom. The average molecular weight is 385 g/mol. The largest absolute Gasteiger partial charge is 0.460 e. The second-order valence-corrected chi connectivity index (χ2v) is 6.83. The van der Waals surface area contributed by atoms with E-state index in [2.05, 4.69) is 34.8 Å². The fourth-order valence-electron chi connectivity index (χ4n) is 1.39. The highest BCUT2D eigenvalue weighted by molar-refractivity contribution is 9.09. The maximum Gasteiger partial charge on any atom is 0.306 e. The highest BCUT2D eigenvalue weighted by atomic mass is 79.9. The molecule has 0 amide bonds. The molecule has 1 N–H and O–H groups in total. The van der Waals surface area contributed by atoms with E-state index in [0.29, 0.717) is 6.42 Å². The van der Waals surface area contributed by atoms with E-state index in [1.54, 1.807) is 7.11 Å². The van der Waals surface area contributed by atoms with Gasteiger partial charge in [0.15, 0.2) is 0 Å². The van der Waals surface area contributed by atoms with E-state index in [0.717, 1.165) is 24.8 Å². The summed E-state index contributed by atoms with van der Waals surface area (Å²) in [5.41, 5.74) is -0.342. The molecule has 0 aliphatic heterocycles. The Hall–Kier alpha value is -0.130. The van der Waals surface area contributed by atoms with Gasteiger partial charge in [0.2, 0.25) is 0 Å². The molecule has 0 aliphatic carbocycles. The van der Waals surface area contributed by atoms with Gasteiger partial charge in [0, 0.05) is 18.9 Å². The molecular formula is C17H39BrNO3+. The number of nitrogens with one attached hydrogen (secondary N) is 1. The summed E-state index contributed by atoms with van der Waals surface area (Å²) in [5.74, 6) is -0.0697. The first-order chi connectivity index (χ1) is 10.2. The summed E-state index contributed by atoms with van der Waals surface area (Å²) in [6.07, 6.45) is 3.80. The van der Waals surface area contributed by atoms with Crippen LogP contribution in [0.25, 0.3) is 0 Å². The standard InChI is InChI=1S/C12H25NO2.C3H7BrO.C2H6/c1-12(2,3)15-11(14)9-7-6-8-10-13(4)5;1-5-3-2-4;1-2/h6-10H2,1-5H3;2-3H2,1H3;1-2H3/p+1. The topological polar surface area (TPSA) is 40.0 Å². The normalized spacial score (nSPS) is 10.3. The summed E-state index contributed by atoms with van der Waals surface area (Å²) >= 11 is 3.18. The average Bonchev–Trinajstić information content (AvgIpc) is 2.40. The molecule has 0 atom stereocenters. The third-order valence-corrected chi connectivity index (χ3v) is 2.58. The lowest BCUT2D eigenvalue weighted by Crippen LogP contribution is -3.05. The fraction of sp³-hybridized carbons (Fsp3) is 0.941. The molecule has 0 fully saturated rings. The lowest BCUT2D eigenvalue weighted by Gasteiger charge is -2.19. The molecule has 0 aliphatic rings. The summed E-state index contributed by atoms with van der Waals surface area (Å²) in [4.78, 5) is 12.8. The number of methoxy groups -OCH3 is 1. The number of carbonyl (C=O) groups excluding carboxylic acids is 1. The molecule has 4 nitrogen and oxygen atoms in total. The minimum atomic E-state index is -0.342. The van der Waals surface area contributed by atoms with E-state index in [1.165, 1.54) is 17.9 Å². The second-order valence-electron chi connectivity index (χ2n) is 6.04. The SMILES string of the molecule is CC.COCCBr.C[NH+](C)CCCCCC(=O)OC(C)(C)C. The van der Waals surface area contributed by atoms with E-state index in [9.17, 15) is 4.79 Å². The quantitative estimate of drug-likeness (QED) is 0.397. The van der Waals surface area contributed by atoms with Gasteiger partial charge >= 0.3 is 5.97 Å². The maximum atomic E-state index is 11.3. The zero-order valence-electron chi connectivity index (χ0n) is 16.1. The van der Waals surface area contributed by atoms with E-state index >= 15 is 0 Å². The van der Waals surface area contributed by atoms with Gasteiger partial charge in [-0.15, -0.1) is 0 Å². The zero-order chi connectivity index (χ0) is 18.0. The Bertz CT molecular complexity index is 226. The van der Waals surface area contributed by atoms with E-state index in [4.69, 9.17) is 4.74 Å². The van der Waals surface area contributed by atoms with Gasteiger partial charge in [-0.25, -0.2) is 0 Å². The van der Waals surface area contributed by atoms with Gasteiger partial charge < -0.3 is 14.4 Å². The van der Waals surface area contributed by atoms with Gasteiger partial charge in [-0.05, 0) is 40.0 Å². The van der Waals surface area contributed by atoms with E-state index in [1.807, 2.05) is 34.6 Å². The maximum absolute atomic E-state index is 11.3. The van der Waals surface area contributed by atoms with Gasteiger partial charge in [0.1, 0.15) is 5.60 Å². The number of rotatable bonds is 8. The van der Waals surface area contributed by atoms with Gasteiger partial charge in [-0.3, -0.25) is 4.79 Å². The number of ether oxygens (including phenoxy) is 2. The van der Waals surface area contributed by atoms with Crippen LogP contribution < -0.4 is 4.90 Å². The van der Waals surface area contributed by atoms with Crippen LogP contribution in [0.4, 0.5) is 0 Å². The monoisotopic (exact) mass is 384 g/mol. The molecule has 5 heteroatoms. The molecule has 0 aromatic heterocycles. The Kier molecular flexibility index (Phi) is 23.0. The van der Waals surface area contributed by atoms with Crippen LogP contribution in [0, 0.1) is 0 Å². The molecule has 136 valence electrons. The summed E-state index contributed by atoms with van der Waals surface area (Å²) in [5, 5.41) is 0.934. The molecule has 0 rings (SSSR count). The van der Waals surface area contributed by atoms with Crippen LogP contribution in [-0.4, -0.2) is 51.3 Å². The van der Waals surface area contributed by atoms with Crippen molar-refractivity contribution in [1.29, 1.82) is 0 Å². The molecule has 0 heterocycles. The number of esters is 1. The number of hydrogen-bond donors (Lipinski definition) is 1. The van der Waals surface area contributed by atoms with Crippen LogP contribution in [0.3, 0.4) is 0 Å². The molecule has 22 heavy (non-hydrogen) atoms. The first-order valence-electron chi connectivity index (χ1n) is 8.28. The van der Waals surface area contributed by atoms with Crippen LogP contribution in [0.15, 0.2) is 0 Å². The molecule has 0 unspecified atom stereocenters. The number of hydrogen-bond acceptors (Lipinski definition) is 3. The molecule has 0 aromatic carbocycles. The molecule has 0 bridgehead atoms. The third-order valence-electron chi connectivity index (χ3n) is 2.26. The fourth-order valence-corrected chi connectivity index (χ4v) is 1.72. The van der Waals surface area contributed by atoms with Crippen molar-refractivity contribution < 1.29 is 19.2 Å². The third kappa shape index (κ3) is 32.0. The highest BCUT2D eigenvalue weighted by Gasteiger charge is 2.15. The summed E-state index contributed by atoms with van der Waals surface area (Å²) in [6, 6.07) is 0. The number of quaternary nitrogens is 1. The van der Waals surface area contributed by atoms with Crippen molar-refractivity contribution in [1.82, 2.24) is 0 Å². The van der Waals surface area contributed by atoms with Crippen LogP contribution in [0.5, 0.6) is 0 Å². The van der Waals surface area contributed by atoms with Crippen LogP contribution in [-0.2, 0) is 14.3 Å². The highest BCUT2D eigenvalue weighted by Crippen LogP contribution is 2.10. The Labute approximate surface area is 147 Å². The van der Waals surface area contributed by atoms with Gasteiger partial charge in [-0.2, -0.15) is 0 Å². The van der Waals surface area contributed by atoms with Crippen LogP contribution in [0.1, 0.15) is 60.3 Å². The second kappa shape index (κ2) is 18.9. The zero-order valence-corrected chi connectivity index (χ0v) is 17.6. The molecule has 0 saturated heterocycles. The lowest BCUT2D eigenvalue weighted by molar-refractivity contribution is -0.858. The van der Waals surface area contributed by atoms with Gasteiger partial charge in [0.25, 0.3) is 0 Å². The van der Waals surface area contributed by atoms with Crippen molar-refractivity contribution in [2.45, 2.75) is 65.9 Å². The Balaban J connectivity index is -0.000000434. The number of halogens is 1. The van der Waals surface area contributed by atoms with Crippen molar-refractivity contribution in [3.8, 4) is 0 Å². The first-order valence-corrected chi connectivity index (χ1v) is 9.41. The van der Waals surface area contributed by atoms with Gasteiger partial charge in [0.05, 0.1) is 27.2 Å². The van der Waals surface area contributed by atoms with Crippen molar-refractivity contribution in [2.75, 3.05) is 39.7 Å². The lowest BCUT2D eigenvalue weighted by atomic mass is 10.1. The Morgan fingerprint density at radius 3 is 1.95 bits per heavy atom.